The number of piperidine rings is 2. The summed E-state index contributed by atoms with van der Waals surface area (Å²) in [5.74, 6) is 1.35. The number of fused-ring (bicyclic) bond motifs is 2. The second kappa shape index (κ2) is 6.35. The quantitative estimate of drug-likeness (QED) is 0.463. The van der Waals surface area contributed by atoms with Crippen molar-refractivity contribution in [3.8, 4) is 0 Å². The van der Waals surface area contributed by atoms with E-state index in [9.17, 15) is 8.53 Å². The van der Waals surface area contributed by atoms with Crippen molar-refractivity contribution in [1.82, 2.24) is 4.90 Å². The Kier molecular flexibility index (Phi) is 4.10. The van der Waals surface area contributed by atoms with Crippen LogP contribution in [0, 0.1) is 11.8 Å². The van der Waals surface area contributed by atoms with Gasteiger partial charge in [0.2, 0.25) is 5.91 Å². The van der Waals surface area contributed by atoms with Gasteiger partial charge in [0.05, 0.1) is 25.2 Å². The van der Waals surface area contributed by atoms with Gasteiger partial charge in [-0.25, -0.2) is 0 Å². The monoisotopic (exact) mass is 472 g/mol. The van der Waals surface area contributed by atoms with Gasteiger partial charge in [0, 0.05) is 29.6 Å². The number of amides is 1. The molecule has 4 fully saturated rings. The van der Waals surface area contributed by atoms with Crippen molar-refractivity contribution in [1.29, 1.82) is 0 Å². The molecule has 1 saturated carbocycles. The maximum absolute atomic E-state index is 13.2. The average molecular weight is 472 g/mol. The molecule has 7 rings (SSSR count). The van der Waals surface area contributed by atoms with Crippen LogP contribution < -0.4 is 4.90 Å². The van der Waals surface area contributed by atoms with Crippen LogP contribution in [-0.2, 0) is 18.7 Å². The molecule has 5 heterocycles. The number of anilines is 1. The zero-order chi connectivity index (χ0) is 20.8. The van der Waals surface area contributed by atoms with Crippen LogP contribution in [-0.4, -0.2) is 66.6 Å². The Balaban J connectivity index is 0.000000318. The predicted octanol–water partition coefficient (Wildman–Crippen LogP) is 2.20. The molecule has 1 aliphatic carbocycles. The standard InChI is InChI=1S/C21H22N2O2.C2H7AsO2/c24-18-10-16-19-13-9-17-21(6-7-22(17)11-12(13)5-8-25-16)14-3-1-2-4-15(14)23(18)20(19)21;1-3(2,4)5/h1-5,13,16-17,19-20H,6-11H2;1-2H3,(H,4,5)/t13-,16-,17-,19-,20-,21+;/m0./s1. The molecule has 160 valence electrons. The summed E-state index contributed by atoms with van der Waals surface area (Å²) in [5, 5.41) is 0. The van der Waals surface area contributed by atoms with E-state index in [1.165, 1.54) is 42.1 Å². The van der Waals surface area contributed by atoms with Gasteiger partial charge in [-0.1, -0.05) is 29.8 Å². The van der Waals surface area contributed by atoms with Crippen LogP contribution in [0.15, 0.2) is 35.9 Å². The molecule has 0 aromatic heterocycles. The van der Waals surface area contributed by atoms with Gasteiger partial charge in [0.1, 0.15) is 0 Å². The molecule has 0 radical (unpaired) electrons. The van der Waals surface area contributed by atoms with Crippen molar-refractivity contribution in [2.24, 2.45) is 11.8 Å². The van der Waals surface area contributed by atoms with E-state index in [-0.39, 0.29) is 17.4 Å². The van der Waals surface area contributed by atoms with Crippen LogP contribution in [0.2, 0.25) is 11.4 Å². The molecular weight excluding hydrogens is 443 g/mol. The largest absolute Gasteiger partial charge is 0.373 e. The molecule has 1 aromatic rings. The summed E-state index contributed by atoms with van der Waals surface area (Å²) in [6, 6.07) is 9.64. The third kappa shape index (κ3) is 2.51. The normalized spacial score (nSPS) is 40.2. The summed E-state index contributed by atoms with van der Waals surface area (Å²) in [6.45, 7) is 2.97. The Hall–Kier alpha value is -1.33. The molecule has 2 bridgehead atoms. The Bertz CT molecular complexity index is 994. The molecule has 1 amide bonds. The zero-order valence-corrected chi connectivity index (χ0v) is 19.4. The smallest absolute Gasteiger partial charge is 0.229 e. The number of benzene rings is 1. The maximum Gasteiger partial charge on any atom is 0.229 e. The zero-order valence-electron chi connectivity index (χ0n) is 17.5. The first-order valence-electron chi connectivity index (χ1n) is 11.0. The minimum atomic E-state index is -3.12. The summed E-state index contributed by atoms with van der Waals surface area (Å²) in [6.07, 6.45) is 5.43. The van der Waals surface area contributed by atoms with Crippen molar-refractivity contribution in [2.75, 3.05) is 24.6 Å². The summed E-state index contributed by atoms with van der Waals surface area (Å²) in [7, 11) is 0. The van der Waals surface area contributed by atoms with Crippen LogP contribution in [0.4, 0.5) is 5.69 Å². The third-order valence-corrected chi connectivity index (χ3v) is 8.22. The molecule has 1 spiro atoms. The van der Waals surface area contributed by atoms with Gasteiger partial charge in [-0.2, -0.15) is 0 Å². The third-order valence-electron chi connectivity index (χ3n) is 8.22. The van der Waals surface area contributed by atoms with Crippen molar-refractivity contribution in [3.05, 3.63) is 41.5 Å². The topological polar surface area (TPSA) is 70.1 Å². The first-order chi connectivity index (χ1) is 14.3. The summed E-state index contributed by atoms with van der Waals surface area (Å²) in [4.78, 5) is 18.1. The fourth-order valence-electron chi connectivity index (χ4n) is 7.51. The minimum absolute atomic E-state index is 0.104. The van der Waals surface area contributed by atoms with Gasteiger partial charge in [-0.05, 0) is 36.9 Å². The average Bonchev–Trinajstić information content (AvgIpc) is 3.15. The van der Waals surface area contributed by atoms with E-state index in [4.69, 9.17) is 8.83 Å². The van der Waals surface area contributed by atoms with Crippen LogP contribution in [0.1, 0.15) is 24.8 Å². The van der Waals surface area contributed by atoms with Crippen molar-refractivity contribution in [2.45, 2.75) is 54.3 Å². The molecule has 3 saturated heterocycles. The Morgan fingerprint density at radius 2 is 2.03 bits per heavy atom. The number of nitrogens with zero attached hydrogens (tertiary/aromatic N) is 2. The SMILES string of the molecule is C[As](C)(=O)O.O=C1C[C@@H]2OCC=C3CN4CC[C@]56c7ccccc7N1[C@H]5[C@H]2[C@H]3C[C@H]46. The van der Waals surface area contributed by atoms with Gasteiger partial charge in [0.25, 0.3) is 0 Å². The van der Waals surface area contributed by atoms with Gasteiger partial charge < -0.3 is 9.64 Å². The predicted molar refractivity (Wildman–Crippen MR) is 114 cm³/mol. The van der Waals surface area contributed by atoms with E-state index in [0.29, 0.717) is 36.9 Å². The van der Waals surface area contributed by atoms with Crippen molar-refractivity contribution >= 4 is 25.4 Å². The van der Waals surface area contributed by atoms with E-state index in [1.54, 1.807) is 5.57 Å². The number of hydrogen-bond donors (Lipinski definition) is 1. The first-order valence-corrected chi connectivity index (χ1v) is 16.4. The first kappa shape index (κ1) is 19.4. The molecule has 0 unspecified atom stereocenters. The van der Waals surface area contributed by atoms with Crippen molar-refractivity contribution < 1.29 is 17.4 Å². The van der Waals surface area contributed by atoms with E-state index in [0.717, 1.165) is 6.54 Å². The Morgan fingerprint density at radius 1 is 1.27 bits per heavy atom. The van der Waals surface area contributed by atoms with E-state index >= 15 is 0 Å². The Labute approximate surface area is 179 Å². The number of carbonyl (C=O) groups is 1. The van der Waals surface area contributed by atoms with Crippen LogP contribution in [0.5, 0.6) is 0 Å². The molecule has 6 aliphatic rings. The van der Waals surface area contributed by atoms with Gasteiger partial charge in [-0.3, -0.25) is 9.69 Å². The minimum Gasteiger partial charge on any atom is -0.373 e. The molecule has 30 heavy (non-hydrogen) atoms. The molecule has 1 N–H and O–H groups in total. The molecule has 6 atom stereocenters. The van der Waals surface area contributed by atoms with E-state index in [2.05, 4.69) is 40.1 Å². The summed E-state index contributed by atoms with van der Waals surface area (Å²) >= 11 is -3.12. The summed E-state index contributed by atoms with van der Waals surface area (Å²) in [5.41, 5.74) is 7.07. The number of rotatable bonds is 0. The fraction of sp³-hybridized carbons (Fsp3) is 0.609. The second-order valence-electron chi connectivity index (χ2n) is 10.1. The van der Waals surface area contributed by atoms with Gasteiger partial charge in [0.15, 0.2) is 0 Å². The molecule has 1 aromatic carbocycles. The van der Waals surface area contributed by atoms with Crippen LogP contribution in [0.3, 0.4) is 0 Å². The number of hydrogen-bond acceptors (Lipinski definition) is 4. The molecule has 6 nitrogen and oxygen atoms in total. The van der Waals surface area contributed by atoms with E-state index in [1.807, 2.05) is 0 Å². The summed E-state index contributed by atoms with van der Waals surface area (Å²) < 4.78 is 24.2. The maximum atomic E-state index is 13.2. The molecular formula is C23H29AsN2O4. The molecule has 7 heteroatoms. The molecule has 5 aliphatic heterocycles. The Morgan fingerprint density at radius 3 is 2.83 bits per heavy atom. The van der Waals surface area contributed by atoms with E-state index < -0.39 is 13.8 Å². The number of ether oxygens (including phenoxy) is 1. The van der Waals surface area contributed by atoms with Crippen LogP contribution >= 0.6 is 0 Å². The van der Waals surface area contributed by atoms with Gasteiger partial charge >= 0.3 is 33.1 Å². The number of para-hydroxylation sites is 1. The van der Waals surface area contributed by atoms with Crippen LogP contribution in [0.25, 0.3) is 0 Å². The second-order valence-corrected chi connectivity index (χ2v) is 15.5. The van der Waals surface area contributed by atoms with Crippen molar-refractivity contribution in [3.63, 3.8) is 0 Å². The number of carbonyl (C=O) groups excluding carboxylic acids is 1. The van der Waals surface area contributed by atoms with Gasteiger partial charge in [-0.15, -0.1) is 0 Å². The fourth-order valence-corrected chi connectivity index (χ4v) is 7.51.